The van der Waals surface area contributed by atoms with Gasteiger partial charge in [-0.15, -0.1) is 0 Å². The molecule has 7 nitrogen and oxygen atoms in total. The van der Waals surface area contributed by atoms with E-state index in [0.29, 0.717) is 42.9 Å². The van der Waals surface area contributed by atoms with Gasteiger partial charge in [-0.05, 0) is 67.6 Å². The normalized spacial score (nSPS) is 11.0. The number of fused-ring (bicyclic) bond motifs is 1. The number of Topliss-reactive ketones (excluding diaryl/α,β-unsaturated/α-hetero) is 1. The van der Waals surface area contributed by atoms with Crippen molar-refractivity contribution in [3.8, 4) is 33.9 Å². The number of aromatic nitrogens is 2. The Balaban J connectivity index is 1.36. The number of benzene rings is 3. The van der Waals surface area contributed by atoms with Crippen LogP contribution in [0.3, 0.4) is 0 Å². The quantitative estimate of drug-likeness (QED) is 0.187. The zero-order valence-electron chi connectivity index (χ0n) is 24.4. The van der Waals surface area contributed by atoms with E-state index in [0.717, 1.165) is 39.3 Å². The molecule has 0 bridgehead atoms. The van der Waals surface area contributed by atoms with Crippen LogP contribution >= 0.6 is 0 Å². The van der Waals surface area contributed by atoms with Crippen molar-refractivity contribution >= 4 is 17.3 Å². The van der Waals surface area contributed by atoms with Gasteiger partial charge in [-0.25, -0.2) is 4.98 Å². The topological polar surface area (TPSA) is 81.9 Å². The Morgan fingerprint density at radius 3 is 2.19 bits per heavy atom. The van der Waals surface area contributed by atoms with E-state index >= 15 is 0 Å². The van der Waals surface area contributed by atoms with Gasteiger partial charge in [0.15, 0.2) is 17.3 Å². The number of ketones is 1. The monoisotopic (exact) mass is 561 g/mol. The fraction of sp³-hybridized carbons (Fsp3) is 0.229. The maximum absolute atomic E-state index is 12.9. The number of carbonyl (C=O) groups is 2. The Morgan fingerprint density at radius 1 is 0.810 bits per heavy atom. The number of ether oxygens (including phenoxy) is 2. The number of pyridine rings is 1. The Hall–Kier alpha value is -4.91. The van der Waals surface area contributed by atoms with Gasteiger partial charge in [0.05, 0.1) is 25.6 Å². The molecule has 5 rings (SSSR count). The number of rotatable bonds is 11. The maximum atomic E-state index is 12.9. The molecule has 0 aliphatic heterocycles. The maximum Gasteiger partial charge on any atom is 0.220 e. The van der Waals surface area contributed by atoms with E-state index in [4.69, 9.17) is 14.5 Å². The van der Waals surface area contributed by atoms with E-state index in [9.17, 15) is 9.59 Å². The lowest BCUT2D eigenvalue weighted by molar-refractivity contribution is -0.121. The molecule has 2 heterocycles. The van der Waals surface area contributed by atoms with Crippen LogP contribution in [0.25, 0.3) is 28.0 Å². The first-order valence-electron chi connectivity index (χ1n) is 14.0. The Labute approximate surface area is 246 Å². The predicted molar refractivity (Wildman–Crippen MR) is 165 cm³/mol. The van der Waals surface area contributed by atoms with Crippen molar-refractivity contribution in [2.45, 2.75) is 33.1 Å². The van der Waals surface area contributed by atoms with Gasteiger partial charge in [0.25, 0.3) is 0 Å². The van der Waals surface area contributed by atoms with E-state index in [1.165, 1.54) is 5.56 Å². The lowest BCUT2D eigenvalue weighted by atomic mass is 10.0. The molecule has 3 aromatic carbocycles. The Bertz CT molecular complexity index is 1720. The van der Waals surface area contributed by atoms with E-state index in [2.05, 4.69) is 47.1 Å². The number of nitrogens with one attached hydrogen (secondary N) is 1. The van der Waals surface area contributed by atoms with Crippen molar-refractivity contribution in [1.82, 2.24) is 14.7 Å². The average Bonchev–Trinajstić information content (AvgIpc) is 3.38. The lowest BCUT2D eigenvalue weighted by Crippen LogP contribution is -2.26. The minimum Gasteiger partial charge on any atom is -0.493 e. The molecule has 5 aromatic rings. The zero-order valence-corrected chi connectivity index (χ0v) is 24.4. The van der Waals surface area contributed by atoms with Crippen LogP contribution in [0.5, 0.6) is 11.5 Å². The summed E-state index contributed by atoms with van der Waals surface area (Å²) in [6.45, 7) is 4.15. The summed E-state index contributed by atoms with van der Waals surface area (Å²) in [7, 11) is 3.22. The van der Waals surface area contributed by atoms with Crippen LogP contribution in [-0.4, -0.2) is 41.8 Å². The molecular weight excluding hydrogens is 526 g/mol. The molecule has 2 aromatic heterocycles. The second-order valence-electron chi connectivity index (χ2n) is 10.3. The third kappa shape index (κ3) is 6.36. The SMILES string of the molecule is COc1ccc(CCNC(=O)CCc2c(-c3ccc(C)cc3)nc3ccc(-c4ccc(C(C)=O)cc4)cn23)cc1OC. The van der Waals surface area contributed by atoms with Crippen molar-refractivity contribution in [2.24, 2.45) is 0 Å². The molecule has 0 spiro atoms. The molecule has 214 valence electrons. The highest BCUT2D eigenvalue weighted by atomic mass is 16.5. The van der Waals surface area contributed by atoms with Crippen LogP contribution in [0, 0.1) is 6.92 Å². The van der Waals surface area contributed by atoms with Gasteiger partial charge in [-0.3, -0.25) is 9.59 Å². The average molecular weight is 562 g/mol. The van der Waals surface area contributed by atoms with Gasteiger partial charge < -0.3 is 19.2 Å². The molecule has 1 N–H and O–H groups in total. The van der Waals surface area contributed by atoms with E-state index in [1.54, 1.807) is 21.1 Å². The van der Waals surface area contributed by atoms with E-state index < -0.39 is 0 Å². The van der Waals surface area contributed by atoms with Crippen LogP contribution in [0.2, 0.25) is 0 Å². The Kier molecular flexibility index (Phi) is 8.67. The lowest BCUT2D eigenvalue weighted by Gasteiger charge is -2.11. The van der Waals surface area contributed by atoms with Crippen molar-refractivity contribution in [3.63, 3.8) is 0 Å². The molecule has 0 fully saturated rings. The molecule has 42 heavy (non-hydrogen) atoms. The minimum absolute atomic E-state index is 0.0174. The van der Waals surface area contributed by atoms with Gasteiger partial charge in [-0.1, -0.05) is 60.2 Å². The number of hydrogen-bond acceptors (Lipinski definition) is 5. The summed E-state index contributed by atoms with van der Waals surface area (Å²) in [5.74, 6) is 1.38. The fourth-order valence-corrected chi connectivity index (χ4v) is 5.05. The van der Waals surface area contributed by atoms with Crippen LogP contribution in [0.1, 0.15) is 40.5 Å². The summed E-state index contributed by atoms with van der Waals surface area (Å²) >= 11 is 0. The largest absolute Gasteiger partial charge is 0.493 e. The summed E-state index contributed by atoms with van der Waals surface area (Å²) in [4.78, 5) is 29.6. The molecule has 0 aliphatic carbocycles. The third-order valence-electron chi connectivity index (χ3n) is 7.44. The van der Waals surface area contributed by atoms with Gasteiger partial charge in [0.2, 0.25) is 5.91 Å². The minimum atomic E-state index is -0.0174. The number of methoxy groups -OCH3 is 2. The fourth-order valence-electron chi connectivity index (χ4n) is 5.05. The van der Waals surface area contributed by atoms with Crippen LogP contribution in [0.15, 0.2) is 85.1 Å². The second-order valence-corrected chi connectivity index (χ2v) is 10.3. The van der Waals surface area contributed by atoms with Crippen LogP contribution < -0.4 is 14.8 Å². The van der Waals surface area contributed by atoms with Crippen LogP contribution in [0.4, 0.5) is 0 Å². The van der Waals surface area contributed by atoms with Gasteiger partial charge in [0.1, 0.15) is 5.65 Å². The van der Waals surface area contributed by atoms with Gasteiger partial charge in [0, 0.05) is 30.3 Å². The van der Waals surface area contributed by atoms with Crippen molar-refractivity contribution in [1.29, 1.82) is 0 Å². The van der Waals surface area contributed by atoms with Gasteiger partial charge >= 0.3 is 0 Å². The second kappa shape index (κ2) is 12.7. The molecule has 1 amide bonds. The summed E-state index contributed by atoms with van der Waals surface area (Å²) < 4.78 is 12.8. The van der Waals surface area contributed by atoms with Crippen molar-refractivity contribution < 1.29 is 19.1 Å². The molecule has 0 unspecified atom stereocenters. The predicted octanol–water partition coefficient (Wildman–Crippen LogP) is 6.49. The highest BCUT2D eigenvalue weighted by molar-refractivity contribution is 5.94. The highest BCUT2D eigenvalue weighted by Crippen LogP contribution is 2.29. The number of aryl methyl sites for hydroxylation is 2. The number of nitrogens with zero attached hydrogens (tertiary/aromatic N) is 2. The molecule has 0 saturated carbocycles. The summed E-state index contributed by atoms with van der Waals surface area (Å²) in [5, 5.41) is 3.06. The molecule has 0 atom stereocenters. The first-order valence-corrected chi connectivity index (χ1v) is 14.0. The summed E-state index contributed by atoms with van der Waals surface area (Å²) in [6.07, 6.45) is 3.60. The molecular formula is C35H35N3O4. The van der Waals surface area contributed by atoms with Crippen molar-refractivity contribution in [2.75, 3.05) is 20.8 Å². The first-order chi connectivity index (χ1) is 20.4. The third-order valence-corrected chi connectivity index (χ3v) is 7.44. The number of carbonyl (C=O) groups excluding carboxylic acids is 2. The smallest absolute Gasteiger partial charge is 0.220 e. The van der Waals surface area contributed by atoms with Crippen LogP contribution in [-0.2, 0) is 17.6 Å². The summed E-state index contributed by atoms with van der Waals surface area (Å²) in [5.41, 5.74) is 8.61. The first kappa shape index (κ1) is 28.6. The van der Waals surface area contributed by atoms with Crippen molar-refractivity contribution in [3.05, 3.63) is 107 Å². The number of imidazole rings is 1. The highest BCUT2D eigenvalue weighted by Gasteiger charge is 2.17. The Morgan fingerprint density at radius 2 is 1.50 bits per heavy atom. The molecule has 0 radical (unpaired) electrons. The standard InChI is InChI=1S/C35H35N3O4/c1-23-5-8-28(9-6-23)35-30(15-18-34(40)36-20-19-25-7-16-31(41-3)32(21-25)42-4)38-22-29(14-17-33(38)37-35)27-12-10-26(11-13-27)24(2)39/h5-14,16-17,21-22H,15,18-20H2,1-4H3,(H,36,40). The molecule has 0 aliphatic rings. The molecule has 0 saturated heterocycles. The summed E-state index contributed by atoms with van der Waals surface area (Å²) in [6, 6.07) is 25.7. The van der Waals surface area contributed by atoms with E-state index in [1.807, 2.05) is 54.6 Å². The number of hydrogen-bond donors (Lipinski definition) is 1. The molecule has 7 heteroatoms. The zero-order chi connectivity index (χ0) is 29.6. The number of amides is 1. The van der Waals surface area contributed by atoms with E-state index in [-0.39, 0.29) is 11.7 Å². The van der Waals surface area contributed by atoms with Gasteiger partial charge in [-0.2, -0.15) is 0 Å².